The van der Waals surface area contributed by atoms with Crippen molar-refractivity contribution >= 4 is 11.7 Å². The van der Waals surface area contributed by atoms with Crippen molar-refractivity contribution in [3.63, 3.8) is 0 Å². The van der Waals surface area contributed by atoms with E-state index < -0.39 is 35.1 Å². The molecule has 0 unspecified atom stereocenters. The zero-order chi connectivity index (χ0) is 12.3. The third-order valence-electron chi connectivity index (χ3n) is 1.81. The zero-order valence-electron chi connectivity index (χ0n) is 8.41. The predicted molar refractivity (Wildman–Crippen MR) is 51.2 cm³/mol. The quantitative estimate of drug-likeness (QED) is 0.771. The van der Waals surface area contributed by atoms with E-state index >= 15 is 0 Å². The van der Waals surface area contributed by atoms with E-state index in [9.17, 15) is 18.7 Å². The molecule has 0 bridgehead atoms. The Balaban J connectivity index is 3.31. The van der Waals surface area contributed by atoms with Crippen molar-refractivity contribution in [2.75, 3.05) is 12.3 Å². The maximum absolute atomic E-state index is 12.5. The van der Waals surface area contributed by atoms with Gasteiger partial charge >= 0.3 is 5.97 Å². The number of pyridine rings is 1. The topological polar surface area (TPSA) is 85.4 Å². The molecule has 0 fully saturated rings. The number of ether oxygens (including phenoxy) is 1. The highest BCUT2D eigenvalue weighted by Crippen LogP contribution is 2.31. The second-order valence-electron chi connectivity index (χ2n) is 2.84. The Hall–Kier alpha value is -1.92. The van der Waals surface area contributed by atoms with Crippen molar-refractivity contribution in [1.82, 2.24) is 4.98 Å². The van der Waals surface area contributed by atoms with Gasteiger partial charge < -0.3 is 15.6 Å². The molecule has 0 saturated heterocycles. The van der Waals surface area contributed by atoms with Crippen LogP contribution in [-0.4, -0.2) is 22.7 Å². The lowest BCUT2D eigenvalue weighted by atomic mass is 10.1. The first-order valence-electron chi connectivity index (χ1n) is 4.41. The van der Waals surface area contributed by atoms with Gasteiger partial charge in [0.15, 0.2) is 5.75 Å². The first-order valence-corrected chi connectivity index (χ1v) is 4.41. The van der Waals surface area contributed by atoms with Crippen LogP contribution in [0.3, 0.4) is 0 Å². The van der Waals surface area contributed by atoms with Crippen LogP contribution < -0.4 is 5.73 Å². The fraction of sp³-hybridized carbons (Fsp3) is 0.333. The fourth-order valence-electron chi connectivity index (χ4n) is 1.11. The summed E-state index contributed by atoms with van der Waals surface area (Å²) in [5.41, 5.74) is 3.49. The van der Waals surface area contributed by atoms with Gasteiger partial charge in [-0.15, -0.1) is 0 Å². The lowest BCUT2D eigenvalue weighted by molar-refractivity contribution is 0.0514. The first kappa shape index (κ1) is 12.2. The second kappa shape index (κ2) is 4.73. The predicted octanol–water partition coefficient (Wildman–Crippen LogP) is 1.48. The third-order valence-corrected chi connectivity index (χ3v) is 1.81. The number of hydrogen-bond donors (Lipinski definition) is 2. The smallest absolute Gasteiger partial charge is 0.342 e. The largest absolute Gasteiger partial charge is 0.504 e. The number of alkyl halides is 2. The number of nitrogens with two attached hydrogens (primary N) is 1. The van der Waals surface area contributed by atoms with Gasteiger partial charge in [-0.3, -0.25) is 4.98 Å². The summed E-state index contributed by atoms with van der Waals surface area (Å²) in [5.74, 6) is -1.56. The van der Waals surface area contributed by atoms with Crippen LogP contribution in [0, 0.1) is 0 Å². The number of hydrogen-bond acceptors (Lipinski definition) is 5. The Morgan fingerprint density at radius 1 is 1.69 bits per heavy atom. The molecule has 1 heterocycles. The third kappa shape index (κ3) is 2.18. The minimum Gasteiger partial charge on any atom is -0.504 e. The second-order valence-corrected chi connectivity index (χ2v) is 2.84. The highest BCUT2D eigenvalue weighted by atomic mass is 19.3. The van der Waals surface area contributed by atoms with E-state index in [2.05, 4.69) is 9.72 Å². The summed E-state index contributed by atoms with van der Waals surface area (Å²) in [4.78, 5) is 14.6. The molecule has 0 aliphatic carbocycles. The monoisotopic (exact) mass is 232 g/mol. The van der Waals surface area contributed by atoms with E-state index in [4.69, 9.17) is 5.73 Å². The molecule has 88 valence electrons. The van der Waals surface area contributed by atoms with Gasteiger partial charge in [-0.1, -0.05) is 0 Å². The molecule has 1 aromatic heterocycles. The number of aromatic hydroxyl groups is 1. The first-order chi connectivity index (χ1) is 7.49. The summed E-state index contributed by atoms with van der Waals surface area (Å²) in [5, 5.41) is 9.18. The van der Waals surface area contributed by atoms with Crippen molar-refractivity contribution in [2.24, 2.45) is 0 Å². The minimum absolute atomic E-state index is 0.0105. The molecule has 0 radical (unpaired) electrons. The van der Waals surface area contributed by atoms with E-state index in [1.807, 2.05) is 0 Å². The maximum Gasteiger partial charge on any atom is 0.342 e. The van der Waals surface area contributed by atoms with Crippen molar-refractivity contribution < 1.29 is 23.4 Å². The summed E-state index contributed by atoms with van der Waals surface area (Å²) < 4.78 is 29.6. The molecule has 1 rings (SSSR count). The molecule has 0 saturated carbocycles. The molecule has 0 aliphatic rings. The van der Waals surface area contributed by atoms with Gasteiger partial charge in [-0.05, 0) is 6.92 Å². The number of nitrogens with zero attached hydrogens (tertiary/aromatic N) is 1. The van der Waals surface area contributed by atoms with Crippen LogP contribution in [0.15, 0.2) is 6.20 Å². The summed E-state index contributed by atoms with van der Waals surface area (Å²) in [6, 6.07) is 0. The van der Waals surface area contributed by atoms with Crippen LogP contribution in [0.25, 0.3) is 0 Å². The normalized spacial score (nSPS) is 10.5. The standard InChI is InChI=1S/C9H10F2N2O3/c1-2-16-9(15)5-6(12)4(14)3-13-7(5)8(10)11/h3,8,14H,2H2,1H3,(H2,12,13). The van der Waals surface area contributed by atoms with Gasteiger partial charge in [0.2, 0.25) is 0 Å². The van der Waals surface area contributed by atoms with Crippen molar-refractivity contribution in [2.45, 2.75) is 13.3 Å². The Labute approximate surface area is 89.9 Å². The van der Waals surface area contributed by atoms with E-state index in [-0.39, 0.29) is 6.61 Å². The SMILES string of the molecule is CCOC(=O)c1c(C(F)F)ncc(O)c1N. The van der Waals surface area contributed by atoms with Crippen molar-refractivity contribution in [3.05, 3.63) is 17.5 Å². The molecule has 0 aromatic carbocycles. The summed E-state index contributed by atoms with van der Waals surface area (Å²) in [6.45, 7) is 1.53. The molecule has 0 spiro atoms. The van der Waals surface area contributed by atoms with Crippen LogP contribution in [0.5, 0.6) is 5.75 Å². The average molecular weight is 232 g/mol. The fourth-order valence-corrected chi connectivity index (χ4v) is 1.11. The summed E-state index contributed by atoms with van der Waals surface area (Å²) >= 11 is 0. The van der Waals surface area contributed by atoms with Gasteiger partial charge in [0.05, 0.1) is 18.5 Å². The number of halogens is 2. The molecule has 16 heavy (non-hydrogen) atoms. The van der Waals surface area contributed by atoms with Crippen molar-refractivity contribution in [1.29, 1.82) is 0 Å². The maximum atomic E-state index is 12.5. The molecule has 3 N–H and O–H groups in total. The molecule has 0 amide bonds. The Morgan fingerprint density at radius 2 is 2.31 bits per heavy atom. The van der Waals surface area contributed by atoms with Crippen LogP contribution in [0.1, 0.15) is 29.4 Å². The number of nitrogen functional groups attached to an aromatic ring is 1. The lowest BCUT2D eigenvalue weighted by Gasteiger charge is -2.10. The van der Waals surface area contributed by atoms with Crippen molar-refractivity contribution in [3.8, 4) is 5.75 Å². The minimum atomic E-state index is -2.97. The number of carbonyl (C=O) groups is 1. The molecular weight excluding hydrogens is 222 g/mol. The zero-order valence-corrected chi connectivity index (χ0v) is 8.41. The average Bonchev–Trinajstić information content (AvgIpc) is 2.21. The highest BCUT2D eigenvalue weighted by Gasteiger charge is 2.25. The number of anilines is 1. The van der Waals surface area contributed by atoms with Crippen LogP contribution in [0.2, 0.25) is 0 Å². The Bertz CT molecular complexity index is 410. The van der Waals surface area contributed by atoms with Crippen LogP contribution >= 0.6 is 0 Å². The van der Waals surface area contributed by atoms with Gasteiger partial charge in [0.25, 0.3) is 6.43 Å². The van der Waals surface area contributed by atoms with Gasteiger partial charge in [0, 0.05) is 0 Å². The van der Waals surface area contributed by atoms with E-state index in [0.717, 1.165) is 6.20 Å². The van der Waals surface area contributed by atoms with Crippen LogP contribution in [-0.2, 0) is 4.74 Å². The number of rotatable bonds is 3. The highest BCUT2D eigenvalue weighted by molar-refractivity contribution is 5.97. The van der Waals surface area contributed by atoms with Gasteiger partial charge in [-0.25, -0.2) is 13.6 Å². The molecule has 1 aromatic rings. The number of carbonyl (C=O) groups excluding carboxylic acids is 1. The van der Waals surface area contributed by atoms with E-state index in [0.29, 0.717) is 0 Å². The van der Waals surface area contributed by atoms with Gasteiger partial charge in [0.1, 0.15) is 11.3 Å². The Kier molecular flexibility index (Phi) is 3.60. The van der Waals surface area contributed by atoms with Gasteiger partial charge in [-0.2, -0.15) is 0 Å². The lowest BCUT2D eigenvalue weighted by Crippen LogP contribution is -2.13. The Morgan fingerprint density at radius 3 is 2.81 bits per heavy atom. The van der Waals surface area contributed by atoms with E-state index in [1.54, 1.807) is 0 Å². The molecule has 0 atom stereocenters. The molecule has 7 heteroatoms. The number of esters is 1. The molecular formula is C9H10F2N2O3. The molecule has 0 aliphatic heterocycles. The van der Waals surface area contributed by atoms with E-state index in [1.165, 1.54) is 6.92 Å². The summed E-state index contributed by atoms with van der Waals surface area (Å²) in [6.07, 6.45) is -2.21. The van der Waals surface area contributed by atoms with Crippen LogP contribution in [0.4, 0.5) is 14.5 Å². The number of aromatic nitrogens is 1. The summed E-state index contributed by atoms with van der Waals surface area (Å²) in [7, 11) is 0. The molecule has 5 nitrogen and oxygen atoms in total.